The van der Waals surface area contributed by atoms with Gasteiger partial charge in [-0.2, -0.15) is 0 Å². The molecule has 0 unspecified atom stereocenters. The molecule has 4 rings (SSSR count). The van der Waals surface area contributed by atoms with Gasteiger partial charge in [-0.1, -0.05) is 49.9 Å². The minimum absolute atomic E-state index is 0.257. The molecule has 0 fully saturated rings. The lowest BCUT2D eigenvalue weighted by Gasteiger charge is -2.23. The number of benzene rings is 2. The van der Waals surface area contributed by atoms with E-state index in [0.717, 1.165) is 47.2 Å². The monoisotopic (exact) mass is 507 g/mol. The van der Waals surface area contributed by atoms with Crippen LogP contribution in [0.5, 0.6) is 5.75 Å². The van der Waals surface area contributed by atoms with Crippen LogP contribution in [-0.4, -0.2) is 58.1 Å². The molecule has 1 N–H and O–H groups in total. The first kappa shape index (κ1) is 26.1. The van der Waals surface area contributed by atoms with Gasteiger partial charge in [0.25, 0.3) is 0 Å². The Bertz CT molecular complexity index is 1150. The summed E-state index contributed by atoms with van der Waals surface area (Å²) in [6.45, 7) is 8.09. The van der Waals surface area contributed by atoms with Crippen LogP contribution in [0.4, 0.5) is 0 Å². The number of aromatic nitrogens is 2. The highest BCUT2D eigenvalue weighted by molar-refractivity contribution is 7.99. The predicted octanol–water partition coefficient (Wildman–Crippen LogP) is 4.92. The maximum atomic E-state index is 11.5. The van der Waals surface area contributed by atoms with Crippen molar-refractivity contribution in [2.45, 2.75) is 38.5 Å². The fraction of sp³-hybridized carbons (Fsp3) is 0.393. The molecule has 0 aliphatic carbocycles. The molecule has 190 valence electrons. The van der Waals surface area contributed by atoms with Gasteiger partial charge in [-0.25, -0.2) is 14.8 Å². The zero-order chi connectivity index (χ0) is 25.3. The summed E-state index contributed by atoms with van der Waals surface area (Å²) >= 11 is 1.69. The summed E-state index contributed by atoms with van der Waals surface area (Å²) in [5, 5.41) is 10.3. The minimum Gasteiger partial charge on any atom is -0.491 e. The van der Waals surface area contributed by atoms with Crippen molar-refractivity contribution in [3.63, 3.8) is 0 Å². The Kier molecular flexibility index (Phi) is 9.33. The lowest BCUT2D eigenvalue weighted by atomic mass is 10.00. The molecule has 8 heteroatoms. The van der Waals surface area contributed by atoms with E-state index in [9.17, 15) is 9.90 Å². The molecule has 1 aliphatic rings. The van der Waals surface area contributed by atoms with E-state index in [-0.39, 0.29) is 5.56 Å². The number of ether oxygens (including phenoxy) is 2. The van der Waals surface area contributed by atoms with Gasteiger partial charge in [-0.3, -0.25) is 4.90 Å². The quantitative estimate of drug-likeness (QED) is 0.372. The highest BCUT2D eigenvalue weighted by Gasteiger charge is 2.14. The molecule has 7 nitrogen and oxygen atoms in total. The topological polar surface area (TPSA) is 84.8 Å². The second kappa shape index (κ2) is 12.9. The van der Waals surface area contributed by atoms with Crippen molar-refractivity contribution in [2.24, 2.45) is 5.92 Å². The molecule has 0 saturated carbocycles. The van der Waals surface area contributed by atoms with Crippen LogP contribution in [0.15, 0.2) is 60.0 Å². The van der Waals surface area contributed by atoms with Crippen LogP contribution < -0.4 is 4.74 Å². The number of rotatable bonds is 6. The van der Waals surface area contributed by atoms with E-state index >= 15 is 0 Å². The molecular weight excluding hydrogens is 474 g/mol. The number of nitrogens with zero attached hydrogens (tertiary/aromatic N) is 3. The van der Waals surface area contributed by atoms with E-state index in [4.69, 9.17) is 9.47 Å². The van der Waals surface area contributed by atoms with Crippen LogP contribution in [0.2, 0.25) is 0 Å². The fourth-order valence-corrected chi connectivity index (χ4v) is 4.76. The van der Waals surface area contributed by atoms with Gasteiger partial charge in [0.15, 0.2) is 5.16 Å². The first-order valence-electron chi connectivity index (χ1n) is 12.3. The molecule has 0 saturated heterocycles. The molecule has 1 aliphatic heterocycles. The zero-order valence-corrected chi connectivity index (χ0v) is 21.7. The van der Waals surface area contributed by atoms with Gasteiger partial charge in [-0.15, -0.1) is 0 Å². The molecule has 1 aromatic heterocycles. The van der Waals surface area contributed by atoms with Crippen LogP contribution in [0.1, 0.15) is 46.5 Å². The SMILES string of the molecule is CC(C)CSc1ncc(CN2CCOCCOc3ccc(C(=O)O)cc3Cc3cccc(c3)C2)cn1. The van der Waals surface area contributed by atoms with E-state index in [0.29, 0.717) is 37.9 Å². The summed E-state index contributed by atoms with van der Waals surface area (Å²) in [7, 11) is 0. The van der Waals surface area contributed by atoms with Gasteiger partial charge in [0.1, 0.15) is 12.4 Å². The van der Waals surface area contributed by atoms with Crippen molar-refractivity contribution < 1.29 is 19.4 Å². The molecule has 36 heavy (non-hydrogen) atoms. The van der Waals surface area contributed by atoms with Gasteiger partial charge in [0.05, 0.1) is 18.8 Å². The number of aromatic carboxylic acids is 1. The number of hydrogen-bond donors (Lipinski definition) is 1. The Hall–Kier alpha value is -2.94. The number of hydrogen-bond acceptors (Lipinski definition) is 7. The van der Waals surface area contributed by atoms with Gasteiger partial charge in [0, 0.05) is 49.8 Å². The highest BCUT2D eigenvalue weighted by Crippen LogP contribution is 2.25. The standard InChI is InChI=1S/C28H33N3O4S/c1-20(2)19-36-28-29-15-23(16-30-28)18-31-8-9-34-10-11-35-26-7-6-24(27(32)33)14-25(26)13-21-4-3-5-22(12-21)17-31/h3-7,12,14-16,20H,8-11,13,17-19H2,1-2H3,(H,32,33). The summed E-state index contributed by atoms with van der Waals surface area (Å²) in [5.41, 5.74) is 4.48. The molecule has 2 aromatic carbocycles. The second-order valence-corrected chi connectivity index (χ2v) is 10.4. The van der Waals surface area contributed by atoms with Crippen molar-refractivity contribution in [1.29, 1.82) is 0 Å². The van der Waals surface area contributed by atoms with Gasteiger partial charge in [-0.05, 0) is 40.8 Å². The van der Waals surface area contributed by atoms with E-state index < -0.39 is 5.97 Å². The molecule has 0 radical (unpaired) electrons. The van der Waals surface area contributed by atoms with E-state index in [1.807, 2.05) is 12.4 Å². The van der Waals surface area contributed by atoms with Crippen molar-refractivity contribution in [3.8, 4) is 5.75 Å². The third-order valence-corrected chi connectivity index (χ3v) is 7.07. The molecular formula is C28H33N3O4S. The lowest BCUT2D eigenvalue weighted by Crippen LogP contribution is -2.28. The maximum Gasteiger partial charge on any atom is 0.335 e. The summed E-state index contributed by atoms with van der Waals surface area (Å²) in [6.07, 6.45) is 4.43. The van der Waals surface area contributed by atoms with Crippen molar-refractivity contribution >= 4 is 17.7 Å². The normalized spacial score (nSPS) is 15.1. The average Bonchev–Trinajstić information content (AvgIpc) is 2.86. The van der Waals surface area contributed by atoms with Crippen LogP contribution in [0.3, 0.4) is 0 Å². The first-order chi connectivity index (χ1) is 17.5. The molecule has 0 spiro atoms. The number of fused-ring (bicyclic) bond motifs is 3. The Labute approximate surface area is 216 Å². The molecule has 0 atom stereocenters. The van der Waals surface area contributed by atoms with Crippen LogP contribution >= 0.6 is 11.8 Å². The fourth-order valence-electron chi connectivity index (χ4n) is 4.03. The second-order valence-electron chi connectivity index (χ2n) is 9.37. The summed E-state index contributed by atoms with van der Waals surface area (Å²) in [4.78, 5) is 22.9. The van der Waals surface area contributed by atoms with Crippen LogP contribution in [0.25, 0.3) is 0 Å². The summed E-state index contributed by atoms with van der Waals surface area (Å²) < 4.78 is 11.8. The predicted molar refractivity (Wildman–Crippen MR) is 141 cm³/mol. The molecule has 0 amide bonds. The Morgan fingerprint density at radius 3 is 2.67 bits per heavy atom. The zero-order valence-electron chi connectivity index (χ0n) is 20.9. The van der Waals surface area contributed by atoms with E-state index in [1.54, 1.807) is 30.0 Å². The Morgan fingerprint density at radius 1 is 1.08 bits per heavy atom. The smallest absolute Gasteiger partial charge is 0.335 e. The molecule has 2 heterocycles. The van der Waals surface area contributed by atoms with E-state index in [1.165, 1.54) is 5.56 Å². The number of carbonyl (C=O) groups is 1. The summed E-state index contributed by atoms with van der Waals surface area (Å²) in [5.74, 6) is 1.36. The van der Waals surface area contributed by atoms with E-state index in [2.05, 4.69) is 53.0 Å². The van der Waals surface area contributed by atoms with Crippen molar-refractivity contribution in [1.82, 2.24) is 14.9 Å². The minimum atomic E-state index is -0.944. The van der Waals surface area contributed by atoms with Crippen molar-refractivity contribution in [2.75, 3.05) is 32.1 Å². The number of carboxylic acids is 1. The molecule has 2 bridgehead atoms. The van der Waals surface area contributed by atoms with Crippen LogP contribution in [0, 0.1) is 5.92 Å². The van der Waals surface area contributed by atoms with Crippen molar-refractivity contribution in [3.05, 3.63) is 82.7 Å². The number of carboxylic acid groups (broad SMARTS) is 1. The maximum absolute atomic E-state index is 11.5. The third-order valence-electron chi connectivity index (χ3n) is 5.77. The van der Waals surface area contributed by atoms with Gasteiger partial charge < -0.3 is 14.6 Å². The van der Waals surface area contributed by atoms with Gasteiger partial charge in [0.2, 0.25) is 0 Å². The van der Waals surface area contributed by atoms with Gasteiger partial charge >= 0.3 is 5.97 Å². The highest BCUT2D eigenvalue weighted by atomic mass is 32.2. The average molecular weight is 508 g/mol. The number of thioether (sulfide) groups is 1. The first-order valence-corrected chi connectivity index (χ1v) is 13.3. The lowest BCUT2D eigenvalue weighted by molar-refractivity contribution is 0.0695. The van der Waals surface area contributed by atoms with Crippen LogP contribution in [-0.2, 0) is 24.2 Å². The largest absolute Gasteiger partial charge is 0.491 e. The third kappa shape index (κ3) is 7.78. The molecule has 3 aromatic rings. The Balaban J connectivity index is 1.51. The Morgan fingerprint density at radius 2 is 1.89 bits per heavy atom. The summed E-state index contributed by atoms with van der Waals surface area (Å²) in [6, 6.07) is 13.4.